The summed E-state index contributed by atoms with van der Waals surface area (Å²) in [6.07, 6.45) is 0. The summed E-state index contributed by atoms with van der Waals surface area (Å²) in [5.74, 6) is -1.20. The Balaban J connectivity index is 1.78. The van der Waals surface area contributed by atoms with Crippen LogP contribution in [0.4, 0.5) is 16.2 Å². The van der Waals surface area contributed by atoms with Gasteiger partial charge in [0.1, 0.15) is 12.1 Å². The highest BCUT2D eigenvalue weighted by Crippen LogP contribution is 2.33. The van der Waals surface area contributed by atoms with Crippen molar-refractivity contribution in [3.63, 3.8) is 0 Å². The molecule has 0 aromatic heterocycles. The number of amides is 4. The number of carbonyl (C=O) groups excluding carboxylic acids is 3. The molecule has 0 saturated carbocycles. The Labute approximate surface area is 172 Å². The zero-order valence-corrected chi connectivity index (χ0v) is 16.6. The van der Waals surface area contributed by atoms with E-state index in [4.69, 9.17) is 4.74 Å². The van der Waals surface area contributed by atoms with Crippen LogP contribution in [-0.2, 0) is 15.1 Å². The van der Waals surface area contributed by atoms with Gasteiger partial charge in [-0.05, 0) is 25.0 Å². The van der Waals surface area contributed by atoms with E-state index in [9.17, 15) is 24.5 Å². The van der Waals surface area contributed by atoms with Crippen LogP contribution in [0.15, 0.2) is 42.5 Å². The van der Waals surface area contributed by atoms with Crippen molar-refractivity contribution in [3.8, 4) is 5.75 Å². The number of methoxy groups -OCH3 is 1. The maximum absolute atomic E-state index is 12.9. The molecule has 30 heavy (non-hydrogen) atoms. The highest BCUT2D eigenvalue weighted by atomic mass is 16.6. The van der Waals surface area contributed by atoms with Crippen molar-refractivity contribution in [1.29, 1.82) is 0 Å². The van der Waals surface area contributed by atoms with E-state index in [1.807, 2.05) is 0 Å². The zero-order valence-electron chi connectivity index (χ0n) is 16.6. The molecule has 0 radical (unpaired) electrons. The number of urea groups is 1. The highest BCUT2D eigenvalue weighted by molar-refractivity contribution is 6.10. The molecular weight excluding hydrogens is 392 g/mol. The first kappa shape index (κ1) is 20.8. The van der Waals surface area contributed by atoms with E-state index in [-0.39, 0.29) is 17.1 Å². The quantitative estimate of drug-likeness (QED) is 0.425. The maximum atomic E-state index is 12.9. The van der Waals surface area contributed by atoms with Gasteiger partial charge < -0.3 is 15.4 Å². The zero-order chi connectivity index (χ0) is 22.1. The number of rotatable bonds is 6. The van der Waals surface area contributed by atoms with Crippen molar-refractivity contribution in [2.24, 2.45) is 0 Å². The molecule has 2 aromatic rings. The van der Waals surface area contributed by atoms with Crippen LogP contribution in [-0.4, -0.2) is 41.3 Å². The van der Waals surface area contributed by atoms with E-state index in [1.165, 1.54) is 19.2 Å². The van der Waals surface area contributed by atoms with Crippen LogP contribution in [0.25, 0.3) is 0 Å². The van der Waals surface area contributed by atoms with E-state index in [0.29, 0.717) is 11.1 Å². The number of ether oxygens (including phenoxy) is 1. The molecule has 10 nitrogen and oxygen atoms in total. The normalized spacial score (nSPS) is 18.2. The topological polar surface area (TPSA) is 131 Å². The van der Waals surface area contributed by atoms with Gasteiger partial charge in [0, 0.05) is 17.8 Å². The molecule has 1 fully saturated rings. The van der Waals surface area contributed by atoms with Crippen LogP contribution in [0.3, 0.4) is 0 Å². The van der Waals surface area contributed by atoms with Gasteiger partial charge >= 0.3 is 11.7 Å². The molecule has 1 heterocycles. The van der Waals surface area contributed by atoms with Crippen molar-refractivity contribution in [2.45, 2.75) is 19.4 Å². The van der Waals surface area contributed by atoms with Crippen LogP contribution >= 0.6 is 0 Å². The van der Waals surface area contributed by atoms with E-state index < -0.39 is 34.9 Å². The number of nitrogens with zero attached hydrogens (tertiary/aromatic N) is 2. The van der Waals surface area contributed by atoms with E-state index in [0.717, 1.165) is 4.90 Å². The lowest BCUT2D eigenvalue weighted by Gasteiger charge is -2.22. The van der Waals surface area contributed by atoms with Gasteiger partial charge in [0.25, 0.3) is 5.91 Å². The van der Waals surface area contributed by atoms with Crippen LogP contribution in [0.1, 0.15) is 18.1 Å². The first-order chi connectivity index (χ1) is 14.2. The molecule has 0 bridgehead atoms. The summed E-state index contributed by atoms with van der Waals surface area (Å²) in [5.41, 5.74) is -0.198. The van der Waals surface area contributed by atoms with Gasteiger partial charge in [-0.25, -0.2) is 4.79 Å². The SMILES string of the molecule is COc1cc(NC(=O)CN2C(=O)N[C@@](C)(c3ccccc3)C2=O)c(C)cc1[N+](=O)[O-]. The van der Waals surface area contributed by atoms with Crippen LogP contribution in [0, 0.1) is 17.0 Å². The smallest absolute Gasteiger partial charge is 0.325 e. The minimum absolute atomic E-state index is 0.0208. The Morgan fingerprint density at radius 2 is 1.93 bits per heavy atom. The number of imide groups is 1. The molecule has 0 aliphatic carbocycles. The van der Waals surface area contributed by atoms with E-state index in [1.54, 1.807) is 44.2 Å². The molecule has 2 N–H and O–H groups in total. The number of anilines is 1. The van der Waals surface area contributed by atoms with Gasteiger partial charge in [-0.2, -0.15) is 0 Å². The van der Waals surface area contributed by atoms with E-state index >= 15 is 0 Å². The summed E-state index contributed by atoms with van der Waals surface area (Å²) in [6.45, 7) is 2.65. The predicted molar refractivity (Wildman–Crippen MR) is 107 cm³/mol. The summed E-state index contributed by atoms with van der Waals surface area (Å²) >= 11 is 0. The number of hydrogen-bond donors (Lipinski definition) is 2. The summed E-state index contributed by atoms with van der Waals surface area (Å²) in [7, 11) is 1.28. The van der Waals surface area contributed by atoms with Gasteiger partial charge in [-0.1, -0.05) is 30.3 Å². The molecule has 10 heteroatoms. The lowest BCUT2D eigenvalue weighted by Crippen LogP contribution is -2.42. The van der Waals surface area contributed by atoms with Crippen molar-refractivity contribution in [1.82, 2.24) is 10.2 Å². The fourth-order valence-corrected chi connectivity index (χ4v) is 3.25. The number of nitrogens with one attached hydrogen (secondary N) is 2. The molecular formula is C20H20N4O6. The number of hydrogen-bond acceptors (Lipinski definition) is 6. The molecule has 1 saturated heterocycles. The van der Waals surface area contributed by atoms with Crippen molar-refractivity contribution in [3.05, 3.63) is 63.7 Å². The third kappa shape index (κ3) is 3.66. The minimum atomic E-state index is -1.27. The fraction of sp³-hybridized carbons (Fsp3) is 0.250. The predicted octanol–water partition coefficient (Wildman–Crippen LogP) is 2.32. The van der Waals surface area contributed by atoms with Gasteiger partial charge in [0.05, 0.1) is 12.0 Å². The minimum Gasteiger partial charge on any atom is -0.490 e. The van der Waals surface area contributed by atoms with Gasteiger partial charge in [0.2, 0.25) is 5.91 Å². The van der Waals surface area contributed by atoms with Crippen molar-refractivity contribution >= 4 is 29.2 Å². The Bertz CT molecular complexity index is 1040. The molecule has 0 spiro atoms. The first-order valence-corrected chi connectivity index (χ1v) is 9.00. The molecule has 1 aliphatic heterocycles. The lowest BCUT2D eigenvalue weighted by atomic mass is 9.92. The number of aryl methyl sites for hydroxylation is 1. The summed E-state index contributed by atoms with van der Waals surface area (Å²) < 4.78 is 5.01. The van der Waals surface area contributed by atoms with Gasteiger partial charge in [0.15, 0.2) is 5.75 Å². The van der Waals surface area contributed by atoms with Gasteiger partial charge in [-0.3, -0.25) is 24.6 Å². The fourth-order valence-electron chi connectivity index (χ4n) is 3.25. The summed E-state index contributed by atoms with van der Waals surface area (Å²) in [6, 6.07) is 10.6. The second-order valence-corrected chi connectivity index (χ2v) is 6.96. The number of carbonyl (C=O) groups is 3. The first-order valence-electron chi connectivity index (χ1n) is 9.00. The molecule has 1 aliphatic rings. The number of nitro benzene ring substituents is 1. The monoisotopic (exact) mass is 412 g/mol. The van der Waals surface area contributed by atoms with Crippen molar-refractivity contribution in [2.75, 3.05) is 19.0 Å². The number of nitro groups is 1. The Morgan fingerprint density at radius 1 is 1.27 bits per heavy atom. The molecule has 156 valence electrons. The Morgan fingerprint density at radius 3 is 2.53 bits per heavy atom. The Hall–Kier alpha value is -3.95. The van der Waals surface area contributed by atoms with Gasteiger partial charge in [-0.15, -0.1) is 0 Å². The highest BCUT2D eigenvalue weighted by Gasteiger charge is 2.49. The molecule has 4 amide bonds. The third-order valence-corrected chi connectivity index (χ3v) is 4.92. The standard InChI is InChI=1S/C20H20N4O6/c1-12-9-15(24(28)29)16(30-3)10-14(12)21-17(25)11-23-18(26)20(2,22-19(23)27)13-7-5-4-6-8-13/h4-10H,11H2,1-3H3,(H,21,25)(H,22,27)/t20-/m0/s1. The molecule has 2 aromatic carbocycles. The lowest BCUT2D eigenvalue weighted by molar-refractivity contribution is -0.385. The molecule has 3 rings (SSSR count). The number of benzene rings is 2. The average Bonchev–Trinajstić information content (AvgIpc) is 2.93. The van der Waals surface area contributed by atoms with Crippen molar-refractivity contribution < 1.29 is 24.0 Å². The largest absolute Gasteiger partial charge is 0.490 e. The van der Waals surface area contributed by atoms with E-state index in [2.05, 4.69) is 10.6 Å². The van der Waals surface area contributed by atoms with Crippen LogP contribution < -0.4 is 15.4 Å². The summed E-state index contributed by atoms with van der Waals surface area (Å²) in [5, 5.41) is 16.3. The Kier molecular flexibility index (Phi) is 5.41. The molecule has 0 unspecified atom stereocenters. The second-order valence-electron chi connectivity index (χ2n) is 6.96. The van der Waals surface area contributed by atoms with Crippen LogP contribution in [0.5, 0.6) is 5.75 Å². The van der Waals surface area contributed by atoms with Crippen LogP contribution in [0.2, 0.25) is 0 Å². The second kappa shape index (κ2) is 7.82. The maximum Gasteiger partial charge on any atom is 0.325 e. The third-order valence-electron chi connectivity index (χ3n) is 4.92. The average molecular weight is 412 g/mol. The summed E-state index contributed by atoms with van der Waals surface area (Å²) in [4.78, 5) is 49.1. The molecule has 1 atom stereocenters.